The fourth-order valence-corrected chi connectivity index (χ4v) is 1.41. The van der Waals surface area contributed by atoms with Crippen LogP contribution in [0.3, 0.4) is 0 Å². The third-order valence-corrected chi connectivity index (χ3v) is 2.27. The number of carbonyl (C=O) groups is 1. The largest absolute Gasteiger partial charge is 0.346 e. The van der Waals surface area contributed by atoms with E-state index in [1.807, 2.05) is 0 Å². The van der Waals surface area contributed by atoms with Crippen molar-refractivity contribution in [3.8, 4) is 0 Å². The number of amides is 1. The zero-order valence-corrected chi connectivity index (χ0v) is 8.11. The SMILES string of the molecule is NCC(F)(F)CNC(=O)c1ccsc1. The van der Waals surface area contributed by atoms with Gasteiger partial charge in [0.2, 0.25) is 0 Å². The van der Waals surface area contributed by atoms with Crippen molar-refractivity contribution in [1.82, 2.24) is 5.32 Å². The highest BCUT2D eigenvalue weighted by molar-refractivity contribution is 7.08. The maximum absolute atomic E-state index is 12.6. The number of alkyl halides is 2. The minimum absolute atomic E-state index is 0.392. The van der Waals surface area contributed by atoms with Gasteiger partial charge in [-0.05, 0) is 11.4 Å². The lowest BCUT2D eigenvalue weighted by Crippen LogP contribution is -2.41. The van der Waals surface area contributed by atoms with Crippen LogP contribution in [0.5, 0.6) is 0 Å². The highest BCUT2D eigenvalue weighted by Crippen LogP contribution is 2.10. The summed E-state index contributed by atoms with van der Waals surface area (Å²) >= 11 is 1.33. The summed E-state index contributed by atoms with van der Waals surface area (Å²) < 4.78 is 25.2. The molecule has 0 aromatic carbocycles. The molecule has 0 atom stereocenters. The quantitative estimate of drug-likeness (QED) is 0.797. The fourth-order valence-electron chi connectivity index (χ4n) is 0.777. The van der Waals surface area contributed by atoms with Gasteiger partial charge in [-0.3, -0.25) is 4.79 Å². The monoisotopic (exact) mass is 220 g/mol. The highest BCUT2D eigenvalue weighted by atomic mass is 32.1. The molecule has 0 saturated heterocycles. The highest BCUT2D eigenvalue weighted by Gasteiger charge is 2.27. The normalized spacial score (nSPS) is 11.4. The molecule has 0 aliphatic heterocycles. The first-order valence-electron chi connectivity index (χ1n) is 3.93. The summed E-state index contributed by atoms with van der Waals surface area (Å²) in [5, 5.41) is 5.41. The van der Waals surface area contributed by atoms with Gasteiger partial charge in [-0.15, -0.1) is 0 Å². The van der Waals surface area contributed by atoms with Gasteiger partial charge < -0.3 is 11.1 Å². The van der Waals surface area contributed by atoms with E-state index < -0.39 is 24.9 Å². The van der Waals surface area contributed by atoms with E-state index in [9.17, 15) is 13.6 Å². The van der Waals surface area contributed by atoms with Gasteiger partial charge >= 0.3 is 0 Å². The molecule has 1 aromatic rings. The molecule has 6 heteroatoms. The second-order valence-corrected chi connectivity index (χ2v) is 3.53. The first-order valence-corrected chi connectivity index (χ1v) is 4.88. The lowest BCUT2D eigenvalue weighted by molar-refractivity contribution is 0.0119. The van der Waals surface area contributed by atoms with Crippen molar-refractivity contribution < 1.29 is 13.6 Å². The van der Waals surface area contributed by atoms with Crippen LogP contribution in [0.1, 0.15) is 10.4 Å². The van der Waals surface area contributed by atoms with E-state index in [0.717, 1.165) is 0 Å². The molecule has 0 fully saturated rings. The minimum atomic E-state index is -3.04. The van der Waals surface area contributed by atoms with Crippen LogP contribution in [-0.2, 0) is 0 Å². The van der Waals surface area contributed by atoms with E-state index in [1.165, 1.54) is 11.3 Å². The van der Waals surface area contributed by atoms with Gasteiger partial charge in [0, 0.05) is 10.9 Å². The Morgan fingerprint density at radius 3 is 2.86 bits per heavy atom. The van der Waals surface area contributed by atoms with Crippen molar-refractivity contribution in [2.24, 2.45) is 5.73 Å². The molecule has 14 heavy (non-hydrogen) atoms. The van der Waals surface area contributed by atoms with Crippen molar-refractivity contribution >= 4 is 17.2 Å². The molecule has 0 spiro atoms. The molecular formula is C8H10F2N2OS. The standard InChI is InChI=1S/C8H10F2N2OS/c9-8(10,4-11)5-12-7(13)6-1-2-14-3-6/h1-3H,4-5,11H2,(H,12,13). The predicted octanol–water partition coefficient (Wildman–Crippen LogP) is 1.07. The Balaban J connectivity index is 2.43. The first kappa shape index (κ1) is 11.1. The van der Waals surface area contributed by atoms with Crippen LogP contribution >= 0.6 is 11.3 Å². The number of rotatable bonds is 4. The minimum Gasteiger partial charge on any atom is -0.346 e. The van der Waals surface area contributed by atoms with Gasteiger partial charge in [0.1, 0.15) is 0 Å². The van der Waals surface area contributed by atoms with Gasteiger partial charge in [-0.1, -0.05) is 0 Å². The van der Waals surface area contributed by atoms with Gasteiger partial charge in [-0.2, -0.15) is 11.3 Å². The van der Waals surface area contributed by atoms with Crippen molar-refractivity contribution in [3.63, 3.8) is 0 Å². The molecule has 1 aromatic heterocycles. The molecule has 1 rings (SSSR count). The number of nitrogens with two attached hydrogens (primary N) is 1. The van der Waals surface area contributed by atoms with Crippen molar-refractivity contribution in [3.05, 3.63) is 22.4 Å². The lowest BCUT2D eigenvalue weighted by atomic mass is 10.3. The average Bonchev–Trinajstić information content (AvgIpc) is 2.67. The van der Waals surface area contributed by atoms with Gasteiger partial charge in [0.25, 0.3) is 11.8 Å². The van der Waals surface area contributed by atoms with E-state index in [-0.39, 0.29) is 0 Å². The molecule has 3 nitrogen and oxygen atoms in total. The summed E-state index contributed by atoms with van der Waals surface area (Å²) in [5.41, 5.74) is 5.20. The van der Waals surface area contributed by atoms with Crippen LogP contribution in [0.2, 0.25) is 0 Å². The molecule has 0 saturated carbocycles. The summed E-state index contributed by atoms with van der Waals surface area (Å²) in [5.74, 6) is -3.54. The summed E-state index contributed by atoms with van der Waals surface area (Å²) in [6, 6.07) is 1.57. The zero-order chi connectivity index (χ0) is 10.6. The van der Waals surface area contributed by atoms with Gasteiger partial charge in [0.05, 0.1) is 13.1 Å². The number of hydrogen-bond acceptors (Lipinski definition) is 3. The van der Waals surface area contributed by atoms with Crippen LogP contribution in [0.15, 0.2) is 16.8 Å². The van der Waals surface area contributed by atoms with Crippen LogP contribution < -0.4 is 11.1 Å². The lowest BCUT2D eigenvalue weighted by Gasteiger charge is -2.13. The van der Waals surface area contributed by atoms with Crippen molar-refractivity contribution in [2.45, 2.75) is 5.92 Å². The van der Waals surface area contributed by atoms with Crippen LogP contribution in [-0.4, -0.2) is 24.9 Å². The van der Waals surface area contributed by atoms with E-state index in [4.69, 9.17) is 5.73 Å². The summed E-state index contributed by atoms with van der Waals surface area (Å²) in [6.07, 6.45) is 0. The molecule has 0 radical (unpaired) electrons. The number of thiophene rings is 1. The van der Waals surface area contributed by atoms with Crippen molar-refractivity contribution in [2.75, 3.05) is 13.1 Å². The Morgan fingerprint density at radius 1 is 1.64 bits per heavy atom. The Labute approximate surface area is 83.9 Å². The Hall–Kier alpha value is -1.01. The summed E-state index contributed by atoms with van der Waals surface area (Å²) in [6.45, 7) is -1.49. The third kappa shape index (κ3) is 3.04. The van der Waals surface area contributed by atoms with Crippen LogP contribution in [0.25, 0.3) is 0 Å². The molecule has 0 bridgehead atoms. The molecule has 0 aliphatic carbocycles. The van der Waals surface area contributed by atoms with Crippen LogP contribution in [0, 0.1) is 0 Å². The van der Waals surface area contributed by atoms with E-state index in [0.29, 0.717) is 5.56 Å². The molecule has 1 heterocycles. The summed E-state index contributed by atoms with van der Waals surface area (Å²) in [4.78, 5) is 11.2. The van der Waals surface area contributed by atoms with E-state index >= 15 is 0 Å². The Morgan fingerprint density at radius 2 is 2.36 bits per heavy atom. The number of carbonyl (C=O) groups excluding carboxylic acids is 1. The maximum atomic E-state index is 12.6. The Kier molecular flexibility index (Phi) is 3.54. The van der Waals surface area contributed by atoms with E-state index in [2.05, 4.69) is 5.32 Å². The van der Waals surface area contributed by atoms with Crippen LogP contribution in [0.4, 0.5) is 8.78 Å². The third-order valence-electron chi connectivity index (χ3n) is 1.59. The van der Waals surface area contributed by atoms with Crippen molar-refractivity contribution in [1.29, 1.82) is 0 Å². The molecule has 1 amide bonds. The maximum Gasteiger partial charge on any atom is 0.277 e. The zero-order valence-electron chi connectivity index (χ0n) is 7.30. The first-order chi connectivity index (χ1) is 6.55. The molecule has 0 aliphatic rings. The smallest absolute Gasteiger partial charge is 0.277 e. The second-order valence-electron chi connectivity index (χ2n) is 2.75. The average molecular weight is 220 g/mol. The van der Waals surface area contributed by atoms with E-state index in [1.54, 1.807) is 16.8 Å². The Bertz CT molecular complexity index is 300. The molecule has 3 N–H and O–H groups in total. The molecular weight excluding hydrogens is 210 g/mol. The summed E-state index contributed by atoms with van der Waals surface area (Å²) in [7, 11) is 0. The van der Waals surface area contributed by atoms with Gasteiger partial charge in [-0.25, -0.2) is 8.78 Å². The predicted molar refractivity (Wildman–Crippen MR) is 50.7 cm³/mol. The topological polar surface area (TPSA) is 55.1 Å². The van der Waals surface area contributed by atoms with Gasteiger partial charge in [0.15, 0.2) is 0 Å². The number of nitrogens with one attached hydrogen (secondary N) is 1. The second kappa shape index (κ2) is 4.47. The molecule has 0 unspecified atom stereocenters. The number of hydrogen-bond donors (Lipinski definition) is 2. The fraction of sp³-hybridized carbons (Fsp3) is 0.375. The number of halogens is 2. The molecule has 78 valence electrons.